The molecule has 0 radical (unpaired) electrons. The van der Waals surface area contributed by atoms with Crippen molar-refractivity contribution < 1.29 is 9.59 Å². The van der Waals surface area contributed by atoms with Gasteiger partial charge in [-0.3, -0.25) is 9.59 Å². The fourth-order valence-corrected chi connectivity index (χ4v) is 5.33. The summed E-state index contributed by atoms with van der Waals surface area (Å²) < 4.78 is 0. The third kappa shape index (κ3) is 4.12. The topological polar surface area (TPSA) is 49.4 Å². The molecule has 4 rings (SSSR count). The van der Waals surface area contributed by atoms with Crippen molar-refractivity contribution in [3.63, 3.8) is 0 Å². The fourth-order valence-electron chi connectivity index (χ4n) is 5.33. The van der Waals surface area contributed by atoms with Crippen molar-refractivity contribution in [1.29, 1.82) is 0 Å². The van der Waals surface area contributed by atoms with Gasteiger partial charge in [-0.25, -0.2) is 0 Å². The predicted molar refractivity (Wildman–Crippen MR) is 115 cm³/mol. The van der Waals surface area contributed by atoms with Crippen molar-refractivity contribution in [2.75, 3.05) is 6.54 Å². The van der Waals surface area contributed by atoms with E-state index in [1.165, 1.54) is 24.8 Å². The van der Waals surface area contributed by atoms with Crippen LogP contribution >= 0.6 is 0 Å². The van der Waals surface area contributed by atoms with Gasteiger partial charge in [0.25, 0.3) is 5.91 Å². The van der Waals surface area contributed by atoms with E-state index in [9.17, 15) is 9.59 Å². The molecule has 4 atom stereocenters. The van der Waals surface area contributed by atoms with Crippen LogP contribution in [0.3, 0.4) is 0 Å². The summed E-state index contributed by atoms with van der Waals surface area (Å²) in [7, 11) is 0. The Labute approximate surface area is 174 Å². The molecule has 3 aliphatic rings. The minimum absolute atomic E-state index is 0.00206. The van der Waals surface area contributed by atoms with Gasteiger partial charge in [0.2, 0.25) is 5.91 Å². The minimum Gasteiger partial charge on any atom is -0.351 e. The Bertz CT molecular complexity index is 800. The number of fused-ring (bicyclic) bond motifs is 1. The number of hydrogen-bond donors (Lipinski definition) is 1. The first-order chi connectivity index (χ1) is 14.1. The number of rotatable bonds is 5. The standard InChI is InChI=1S/C25H34N2O2/c1-17-9-8-14-22(18(17)2)26-24(28)23-20-12-6-7-13-21(20)25(29)27(23)16-15-19-10-4-3-5-11-19/h6-7,10,12-13,17-18,22-23H,3-5,8-9,11,14-16H2,1-2H3,(H,26,28)/t17-,18-,22+,23-/m1/s1. The van der Waals surface area contributed by atoms with Crippen molar-refractivity contribution in [1.82, 2.24) is 10.2 Å². The van der Waals surface area contributed by atoms with Crippen molar-refractivity contribution in [3.8, 4) is 0 Å². The zero-order valence-electron chi connectivity index (χ0n) is 17.8. The van der Waals surface area contributed by atoms with Gasteiger partial charge in [0.05, 0.1) is 0 Å². The highest BCUT2D eigenvalue weighted by Gasteiger charge is 2.42. The maximum Gasteiger partial charge on any atom is 0.255 e. The van der Waals surface area contributed by atoms with E-state index in [1.807, 2.05) is 29.2 Å². The van der Waals surface area contributed by atoms with Gasteiger partial charge in [0.15, 0.2) is 0 Å². The largest absolute Gasteiger partial charge is 0.351 e. The van der Waals surface area contributed by atoms with Crippen molar-refractivity contribution in [3.05, 3.63) is 47.0 Å². The van der Waals surface area contributed by atoms with Gasteiger partial charge < -0.3 is 10.2 Å². The molecular formula is C25H34N2O2. The Hall–Kier alpha value is -2.10. The summed E-state index contributed by atoms with van der Waals surface area (Å²) >= 11 is 0. The van der Waals surface area contributed by atoms with E-state index in [1.54, 1.807) is 0 Å². The van der Waals surface area contributed by atoms with Crippen LogP contribution in [0.4, 0.5) is 0 Å². The molecule has 1 saturated carbocycles. The summed E-state index contributed by atoms with van der Waals surface area (Å²) in [5.74, 6) is 1.09. The second kappa shape index (κ2) is 8.73. The molecule has 1 aromatic rings. The smallest absolute Gasteiger partial charge is 0.255 e. The Morgan fingerprint density at radius 1 is 1.14 bits per heavy atom. The van der Waals surface area contributed by atoms with E-state index in [2.05, 4.69) is 25.2 Å². The molecule has 1 N–H and O–H groups in total. The summed E-state index contributed by atoms with van der Waals surface area (Å²) in [5, 5.41) is 3.32. The Kier molecular flexibility index (Phi) is 6.07. The van der Waals surface area contributed by atoms with Crippen LogP contribution in [0.2, 0.25) is 0 Å². The van der Waals surface area contributed by atoms with Crippen LogP contribution in [0, 0.1) is 11.8 Å². The third-order valence-electron chi connectivity index (χ3n) is 7.40. The third-order valence-corrected chi connectivity index (χ3v) is 7.40. The van der Waals surface area contributed by atoms with Crippen LogP contribution in [0.15, 0.2) is 35.9 Å². The first kappa shape index (κ1) is 20.2. The molecule has 2 amide bonds. The molecule has 0 aromatic heterocycles. The number of hydrogen-bond acceptors (Lipinski definition) is 2. The van der Waals surface area contributed by atoms with Gasteiger partial charge >= 0.3 is 0 Å². The number of carbonyl (C=O) groups is 2. The highest BCUT2D eigenvalue weighted by molar-refractivity contribution is 6.04. The van der Waals surface area contributed by atoms with Gasteiger partial charge in [-0.2, -0.15) is 0 Å². The molecule has 4 heteroatoms. The van der Waals surface area contributed by atoms with Crippen molar-refractivity contribution in [2.24, 2.45) is 11.8 Å². The number of benzene rings is 1. The van der Waals surface area contributed by atoms with Crippen LogP contribution in [-0.4, -0.2) is 29.3 Å². The maximum atomic E-state index is 13.4. The average Bonchev–Trinajstić information content (AvgIpc) is 3.03. The Morgan fingerprint density at radius 2 is 1.97 bits per heavy atom. The molecule has 0 bridgehead atoms. The van der Waals surface area contributed by atoms with Gasteiger partial charge in [-0.05, 0) is 62.0 Å². The lowest BCUT2D eigenvalue weighted by molar-refractivity contribution is -0.127. The monoisotopic (exact) mass is 394 g/mol. The molecule has 4 nitrogen and oxygen atoms in total. The lowest BCUT2D eigenvalue weighted by Gasteiger charge is -2.36. The number of amides is 2. The molecule has 0 saturated heterocycles. The highest BCUT2D eigenvalue weighted by atomic mass is 16.2. The van der Waals surface area contributed by atoms with Crippen LogP contribution < -0.4 is 5.32 Å². The van der Waals surface area contributed by atoms with Crippen LogP contribution in [0.5, 0.6) is 0 Å². The Balaban J connectivity index is 1.53. The van der Waals surface area contributed by atoms with E-state index in [4.69, 9.17) is 0 Å². The lowest BCUT2D eigenvalue weighted by atomic mass is 9.78. The van der Waals surface area contributed by atoms with Gasteiger partial charge in [-0.1, -0.05) is 56.5 Å². The summed E-state index contributed by atoms with van der Waals surface area (Å²) in [4.78, 5) is 28.3. The van der Waals surface area contributed by atoms with Gasteiger partial charge in [-0.15, -0.1) is 0 Å². The summed E-state index contributed by atoms with van der Waals surface area (Å²) in [6.45, 7) is 5.14. The summed E-state index contributed by atoms with van der Waals surface area (Å²) in [5.41, 5.74) is 2.99. The normalized spacial score (nSPS) is 29.4. The first-order valence-electron chi connectivity index (χ1n) is 11.4. The maximum absolute atomic E-state index is 13.4. The molecule has 1 aliphatic heterocycles. The summed E-state index contributed by atoms with van der Waals surface area (Å²) in [6.07, 6.45) is 11.4. The number of carbonyl (C=O) groups excluding carboxylic acids is 2. The minimum atomic E-state index is -0.493. The van der Waals surface area contributed by atoms with E-state index < -0.39 is 6.04 Å². The number of nitrogens with zero attached hydrogens (tertiary/aromatic N) is 1. The van der Waals surface area contributed by atoms with Crippen LogP contribution in [0.25, 0.3) is 0 Å². The highest BCUT2D eigenvalue weighted by Crippen LogP contribution is 2.36. The van der Waals surface area contributed by atoms with Crippen LogP contribution in [0.1, 0.15) is 87.2 Å². The predicted octanol–water partition coefficient (Wildman–Crippen LogP) is 5.01. The van der Waals surface area contributed by atoms with E-state index >= 15 is 0 Å². The van der Waals surface area contributed by atoms with Gasteiger partial charge in [0, 0.05) is 18.2 Å². The average molecular weight is 395 g/mol. The number of nitrogens with one attached hydrogen (secondary N) is 1. The van der Waals surface area contributed by atoms with Crippen molar-refractivity contribution in [2.45, 2.75) is 77.3 Å². The molecular weight excluding hydrogens is 360 g/mol. The second-order valence-corrected chi connectivity index (χ2v) is 9.23. The van der Waals surface area contributed by atoms with E-state index in [-0.39, 0.29) is 17.9 Å². The molecule has 1 aromatic carbocycles. The molecule has 1 fully saturated rings. The van der Waals surface area contributed by atoms with Crippen LogP contribution in [-0.2, 0) is 4.79 Å². The molecule has 29 heavy (non-hydrogen) atoms. The summed E-state index contributed by atoms with van der Waals surface area (Å²) in [6, 6.07) is 7.35. The van der Waals surface area contributed by atoms with E-state index in [0.29, 0.717) is 23.9 Å². The molecule has 2 aliphatic carbocycles. The Morgan fingerprint density at radius 3 is 2.76 bits per heavy atom. The second-order valence-electron chi connectivity index (χ2n) is 9.23. The molecule has 1 heterocycles. The molecule has 0 spiro atoms. The lowest BCUT2D eigenvalue weighted by Crippen LogP contribution is -2.48. The molecule has 156 valence electrons. The quantitative estimate of drug-likeness (QED) is 0.713. The SMILES string of the molecule is C[C@@H]1[C@H](C)CCC[C@@H]1NC(=O)[C@H]1c2ccccc2C(=O)N1CCC1=CCCCC1. The van der Waals surface area contributed by atoms with Crippen molar-refractivity contribution >= 4 is 11.8 Å². The zero-order chi connectivity index (χ0) is 20.4. The zero-order valence-corrected chi connectivity index (χ0v) is 17.8. The van der Waals surface area contributed by atoms with Gasteiger partial charge in [0.1, 0.15) is 6.04 Å². The number of allylic oxidation sites excluding steroid dienone is 1. The fraction of sp³-hybridized carbons (Fsp3) is 0.600. The first-order valence-corrected chi connectivity index (χ1v) is 11.4. The van der Waals surface area contributed by atoms with E-state index in [0.717, 1.165) is 37.7 Å². The molecule has 0 unspecified atom stereocenters.